The molecule has 0 spiro atoms. The minimum absolute atomic E-state index is 0.0268. The Balaban J connectivity index is 2.04. The van der Waals surface area contributed by atoms with Crippen LogP contribution in [0.4, 0.5) is 5.69 Å². The van der Waals surface area contributed by atoms with Crippen LogP contribution in [0.2, 0.25) is 0 Å². The van der Waals surface area contributed by atoms with E-state index in [-0.39, 0.29) is 11.3 Å². The lowest BCUT2D eigenvalue weighted by molar-refractivity contribution is 0.0930. The molecule has 3 heteroatoms. The molecule has 96 valence electrons. The van der Waals surface area contributed by atoms with Crippen LogP contribution >= 0.6 is 0 Å². The average molecular weight is 244 g/mol. The van der Waals surface area contributed by atoms with E-state index in [1.807, 2.05) is 6.07 Å². The number of hydrogen-bond donors (Lipinski definition) is 1. The van der Waals surface area contributed by atoms with Gasteiger partial charge in [-0.1, -0.05) is 13.8 Å². The van der Waals surface area contributed by atoms with Crippen molar-refractivity contribution in [3.05, 3.63) is 29.3 Å². The highest BCUT2D eigenvalue weighted by Crippen LogP contribution is 2.33. The lowest BCUT2D eigenvalue weighted by Gasteiger charge is -2.33. The third kappa shape index (κ3) is 1.78. The number of carbonyl (C=O) groups is 1. The number of nitrogens with one attached hydrogen (secondary N) is 1. The van der Waals surface area contributed by atoms with E-state index in [2.05, 4.69) is 36.2 Å². The van der Waals surface area contributed by atoms with Gasteiger partial charge in [0.05, 0.1) is 0 Å². The number of carbonyl (C=O) groups excluding carboxylic acids is 1. The van der Waals surface area contributed by atoms with Gasteiger partial charge in [-0.2, -0.15) is 0 Å². The molecular weight excluding hydrogens is 224 g/mol. The number of rotatable bonds is 1. The zero-order valence-electron chi connectivity index (χ0n) is 11.1. The molecule has 1 aromatic rings. The summed E-state index contributed by atoms with van der Waals surface area (Å²) < 4.78 is 0. The van der Waals surface area contributed by atoms with Crippen LogP contribution in [0, 0.1) is 0 Å². The second kappa shape index (κ2) is 4.01. The van der Waals surface area contributed by atoms with E-state index in [1.165, 1.54) is 24.1 Å². The van der Waals surface area contributed by atoms with Crippen molar-refractivity contribution in [2.24, 2.45) is 0 Å². The van der Waals surface area contributed by atoms with Gasteiger partial charge < -0.3 is 10.2 Å². The molecule has 0 radical (unpaired) electrons. The molecule has 0 aliphatic carbocycles. The third-order valence-electron chi connectivity index (χ3n) is 4.14. The quantitative estimate of drug-likeness (QED) is 0.822. The summed E-state index contributed by atoms with van der Waals surface area (Å²) in [5.41, 5.74) is 3.33. The molecule has 1 amide bonds. The predicted molar refractivity (Wildman–Crippen MR) is 73.2 cm³/mol. The summed E-state index contributed by atoms with van der Waals surface area (Å²) in [6.45, 7) is 7.40. The highest BCUT2D eigenvalue weighted by molar-refractivity contribution is 5.97. The van der Waals surface area contributed by atoms with Gasteiger partial charge in [-0.15, -0.1) is 0 Å². The molecule has 0 atom stereocenters. The number of nitrogens with zero attached hydrogens (tertiary/aromatic N) is 1. The Morgan fingerprint density at radius 3 is 2.67 bits per heavy atom. The highest BCUT2D eigenvalue weighted by atomic mass is 16.1. The van der Waals surface area contributed by atoms with Crippen LogP contribution in [-0.2, 0) is 5.41 Å². The molecule has 0 saturated carbocycles. The molecule has 3 nitrogen and oxygen atoms in total. The standard InChI is InChI=1S/C15H20N2O/c1-15(2)10-16-14(18)12-6-5-11(9-13(12)15)17-7-3-4-8-17/h5-6,9H,3-4,7-8,10H2,1-2H3,(H,16,18). The molecule has 0 bridgehead atoms. The van der Waals surface area contributed by atoms with Gasteiger partial charge in [0.1, 0.15) is 0 Å². The Hall–Kier alpha value is -1.51. The van der Waals surface area contributed by atoms with E-state index in [1.54, 1.807) is 0 Å². The average Bonchev–Trinajstić information content (AvgIpc) is 2.88. The van der Waals surface area contributed by atoms with E-state index in [0.29, 0.717) is 0 Å². The van der Waals surface area contributed by atoms with Gasteiger partial charge in [0.2, 0.25) is 0 Å². The van der Waals surface area contributed by atoms with Crippen LogP contribution in [-0.4, -0.2) is 25.5 Å². The molecule has 2 heterocycles. The predicted octanol–water partition coefficient (Wildman–Crippen LogP) is 2.31. The third-order valence-corrected chi connectivity index (χ3v) is 4.14. The first-order chi connectivity index (χ1) is 8.58. The summed E-state index contributed by atoms with van der Waals surface area (Å²) in [4.78, 5) is 14.3. The first kappa shape index (κ1) is 11.6. The normalized spacial score (nSPS) is 21.7. The van der Waals surface area contributed by atoms with Crippen LogP contribution in [0.3, 0.4) is 0 Å². The number of hydrogen-bond acceptors (Lipinski definition) is 2. The lowest BCUT2D eigenvalue weighted by atomic mass is 9.78. The Bertz CT molecular complexity index is 487. The van der Waals surface area contributed by atoms with Gasteiger partial charge in [0.15, 0.2) is 0 Å². The summed E-state index contributed by atoms with van der Waals surface area (Å²) >= 11 is 0. The zero-order chi connectivity index (χ0) is 12.8. The summed E-state index contributed by atoms with van der Waals surface area (Å²) in [5.74, 6) is 0.0669. The number of amides is 1. The fraction of sp³-hybridized carbons (Fsp3) is 0.533. The van der Waals surface area contributed by atoms with Gasteiger partial charge in [-0.3, -0.25) is 4.79 Å². The first-order valence-corrected chi connectivity index (χ1v) is 6.76. The molecule has 1 fully saturated rings. The van der Waals surface area contributed by atoms with Crippen LogP contribution in [0.1, 0.15) is 42.6 Å². The van der Waals surface area contributed by atoms with Crippen molar-refractivity contribution in [1.29, 1.82) is 0 Å². The van der Waals surface area contributed by atoms with Crippen LogP contribution in [0.5, 0.6) is 0 Å². The van der Waals surface area contributed by atoms with E-state index in [4.69, 9.17) is 0 Å². The summed E-state index contributed by atoms with van der Waals surface area (Å²) in [6, 6.07) is 6.30. The van der Waals surface area contributed by atoms with Gasteiger partial charge in [-0.05, 0) is 36.6 Å². The Morgan fingerprint density at radius 2 is 1.94 bits per heavy atom. The molecule has 2 aliphatic rings. The molecule has 18 heavy (non-hydrogen) atoms. The van der Waals surface area contributed by atoms with Gasteiger partial charge in [-0.25, -0.2) is 0 Å². The van der Waals surface area contributed by atoms with Crippen molar-refractivity contribution in [3.63, 3.8) is 0 Å². The van der Waals surface area contributed by atoms with Gasteiger partial charge >= 0.3 is 0 Å². The van der Waals surface area contributed by atoms with Gasteiger partial charge in [0.25, 0.3) is 5.91 Å². The highest BCUT2D eigenvalue weighted by Gasteiger charge is 2.32. The van der Waals surface area contributed by atoms with Crippen LogP contribution in [0.25, 0.3) is 0 Å². The largest absolute Gasteiger partial charge is 0.372 e. The van der Waals surface area contributed by atoms with Gasteiger partial charge in [0, 0.05) is 36.3 Å². The minimum atomic E-state index is 0.0268. The van der Waals surface area contributed by atoms with E-state index in [9.17, 15) is 4.79 Å². The lowest BCUT2D eigenvalue weighted by Crippen LogP contribution is -2.43. The smallest absolute Gasteiger partial charge is 0.251 e. The summed E-state index contributed by atoms with van der Waals surface area (Å²) in [6.07, 6.45) is 2.56. The van der Waals surface area contributed by atoms with Crippen molar-refractivity contribution in [2.45, 2.75) is 32.1 Å². The van der Waals surface area contributed by atoms with Crippen molar-refractivity contribution in [1.82, 2.24) is 5.32 Å². The second-order valence-corrected chi connectivity index (χ2v) is 5.99. The van der Waals surface area contributed by atoms with Crippen molar-refractivity contribution in [3.8, 4) is 0 Å². The molecule has 0 aromatic heterocycles. The molecular formula is C15H20N2O. The van der Waals surface area contributed by atoms with Crippen molar-refractivity contribution in [2.75, 3.05) is 24.5 Å². The number of fused-ring (bicyclic) bond motifs is 1. The van der Waals surface area contributed by atoms with E-state index in [0.717, 1.165) is 25.2 Å². The molecule has 2 aliphatic heterocycles. The fourth-order valence-corrected chi connectivity index (χ4v) is 2.95. The number of benzene rings is 1. The van der Waals surface area contributed by atoms with E-state index >= 15 is 0 Å². The maximum Gasteiger partial charge on any atom is 0.251 e. The van der Waals surface area contributed by atoms with Crippen LogP contribution < -0.4 is 10.2 Å². The monoisotopic (exact) mass is 244 g/mol. The Morgan fingerprint density at radius 1 is 1.22 bits per heavy atom. The summed E-state index contributed by atoms with van der Waals surface area (Å²) in [5, 5.41) is 2.96. The molecule has 0 unspecified atom stereocenters. The van der Waals surface area contributed by atoms with Crippen molar-refractivity contribution >= 4 is 11.6 Å². The van der Waals surface area contributed by atoms with Crippen LogP contribution in [0.15, 0.2) is 18.2 Å². The van der Waals surface area contributed by atoms with Crippen molar-refractivity contribution < 1.29 is 4.79 Å². The molecule has 1 aromatic carbocycles. The molecule has 3 rings (SSSR count). The molecule has 1 saturated heterocycles. The Kier molecular flexibility index (Phi) is 2.58. The summed E-state index contributed by atoms with van der Waals surface area (Å²) in [7, 11) is 0. The Labute approximate surface area is 108 Å². The maximum atomic E-state index is 11.9. The second-order valence-electron chi connectivity index (χ2n) is 5.99. The molecule has 1 N–H and O–H groups in total. The topological polar surface area (TPSA) is 32.3 Å². The zero-order valence-corrected chi connectivity index (χ0v) is 11.1. The van der Waals surface area contributed by atoms with E-state index < -0.39 is 0 Å². The maximum absolute atomic E-state index is 11.9. The minimum Gasteiger partial charge on any atom is -0.372 e. The SMILES string of the molecule is CC1(C)CNC(=O)c2ccc(N3CCCC3)cc21. The number of anilines is 1. The fourth-order valence-electron chi connectivity index (χ4n) is 2.95. The first-order valence-electron chi connectivity index (χ1n) is 6.76.